The fourth-order valence-corrected chi connectivity index (χ4v) is 1.76. The summed E-state index contributed by atoms with van der Waals surface area (Å²) < 4.78 is 0. The standard InChI is InChI=1S/C12H11N5O3/c1-7-5-10(15-8(2)11(7)17(19)20)16-12(18)9-6-13-3-4-14-9/h3-6H,1-2H3,(H,15,16,18). The number of carbonyl (C=O) groups excluding carboxylic acids is 1. The zero-order valence-corrected chi connectivity index (χ0v) is 10.8. The lowest BCUT2D eigenvalue weighted by Gasteiger charge is -2.06. The summed E-state index contributed by atoms with van der Waals surface area (Å²) in [5, 5.41) is 13.4. The molecular formula is C12H11N5O3. The van der Waals surface area contributed by atoms with E-state index < -0.39 is 10.8 Å². The molecule has 1 amide bonds. The first kappa shape index (κ1) is 13.5. The lowest BCUT2D eigenvalue weighted by molar-refractivity contribution is -0.386. The van der Waals surface area contributed by atoms with Crippen LogP contribution in [0, 0.1) is 24.0 Å². The quantitative estimate of drug-likeness (QED) is 0.672. The monoisotopic (exact) mass is 273 g/mol. The van der Waals surface area contributed by atoms with Crippen molar-refractivity contribution < 1.29 is 9.72 Å². The van der Waals surface area contributed by atoms with Gasteiger partial charge in [0.05, 0.1) is 11.1 Å². The third-order valence-corrected chi connectivity index (χ3v) is 2.58. The summed E-state index contributed by atoms with van der Waals surface area (Å²) in [4.78, 5) is 33.9. The molecule has 0 aliphatic rings. The minimum Gasteiger partial charge on any atom is -0.305 e. The molecule has 0 bridgehead atoms. The average Bonchev–Trinajstić information content (AvgIpc) is 2.38. The first-order valence-electron chi connectivity index (χ1n) is 5.69. The van der Waals surface area contributed by atoms with E-state index in [1.165, 1.54) is 31.6 Å². The molecule has 0 saturated carbocycles. The molecule has 0 aliphatic carbocycles. The summed E-state index contributed by atoms with van der Waals surface area (Å²) in [5.74, 6) is -0.237. The van der Waals surface area contributed by atoms with Crippen LogP contribution in [-0.2, 0) is 0 Å². The zero-order chi connectivity index (χ0) is 14.7. The molecule has 0 unspecified atom stereocenters. The molecule has 0 saturated heterocycles. The fraction of sp³-hybridized carbons (Fsp3) is 0.167. The normalized spacial score (nSPS) is 10.1. The molecule has 102 valence electrons. The van der Waals surface area contributed by atoms with E-state index in [-0.39, 0.29) is 22.9 Å². The second-order valence-corrected chi connectivity index (χ2v) is 4.06. The van der Waals surface area contributed by atoms with Gasteiger partial charge in [0.2, 0.25) is 0 Å². The van der Waals surface area contributed by atoms with Crippen molar-refractivity contribution in [2.45, 2.75) is 13.8 Å². The maximum Gasteiger partial charge on any atom is 0.293 e. The third kappa shape index (κ3) is 2.74. The van der Waals surface area contributed by atoms with Crippen LogP contribution in [0.4, 0.5) is 11.5 Å². The predicted octanol–water partition coefficient (Wildman–Crippen LogP) is 1.65. The first-order chi connectivity index (χ1) is 9.49. The topological polar surface area (TPSA) is 111 Å². The van der Waals surface area contributed by atoms with Crippen LogP contribution < -0.4 is 5.32 Å². The van der Waals surface area contributed by atoms with E-state index >= 15 is 0 Å². The average molecular weight is 273 g/mol. The Hall–Kier alpha value is -2.90. The van der Waals surface area contributed by atoms with Crippen LogP contribution in [0.2, 0.25) is 0 Å². The lowest BCUT2D eigenvalue weighted by atomic mass is 10.2. The number of pyridine rings is 1. The van der Waals surface area contributed by atoms with Gasteiger partial charge >= 0.3 is 0 Å². The van der Waals surface area contributed by atoms with Crippen molar-refractivity contribution in [1.29, 1.82) is 0 Å². The Bertz CT molecular complexity index is 649. The molecule has 2 aromatic heterocycles. The molecule has 0 atom stereocenters. The highest BCUT2D eigenvalue weighted by atomic mass is 16.6. The molecule has 0 fully saturated rings. The van der Waals surface area contributed by atoms with Crippen molar-refractivity contribution in [2.75, 3.05) is 5.32 Å². The molecule has 8 nitrogen and oxygen atoms in total. The second-order valence-electron chi connectivity index (χ2n) is 4.06. The van der Waals surface area contributed by atoms with E-state index in [1.54, 1.807) is 6.92 Å². The van der Waals surface area contributed by atoms with Crippen LogP contribution in [0.25, 0.3) is 0 Å². The van der Waals surface area contributed by atoms with Gasteiger partial charge in [-0.25, -0.2) is 9.97 Å². The Balaban J connectivity index is 2.27. The molecule has 0 radical (unpaired) electrons. The van der Waals surface area contributed by atoms with Crippen molar-refractivity contribution in [3.63, 3.8) is 0 Å². The highest BCUT2D eigenvalue weighted by molar-refractivity contribution is 6.02. The molecule has 1 N–H and O–H groups in total. The summed E-state index contributed by atoms with van der Waals surface area (Å²) in [6.07, 6.45) is 4.17. The molecule has 0 aromatic carbocycles. The summed E-state index contributed by atoms with van der Waals surface area (Å²) >= 11 is 0. The van der Waals surface area contributed by atoms with Gasteiger partial charge < -0.3 is 5.32 Å². The van der Waals surface area contributed by atoms with E-state index in [0.29, 0.717) is 5.56 Å². The Morgan fingerprint density at radius 1 is 1.35 bits per heavy atom. The smallest absolute Gasteiger partial charge is 0.293 e. The van der Waals surface area contributed by atoms with E-state index in [4.69, 9.17) is 0 Å². The SMILES string of the molecule is Cc1cc(NC(=O)c2cnccn2)nc(C)c1[N+](=O)[O-]. The van der Waals surface area contributed by atoms with Gasteiger partial charge in [0.25, 0.3) is 11.6 Å². The van der Waals surface area contributed by atoms with Gasteiger partial charge in [-0.15, -0.1) is 0 Å². The largest absolute Gasteiger partial charge is 0.305 e. The predicted molar refractivity (Wildman–Crippen MR) is 70.4 cm³/mol. The highest BCUT2D eigenvalue weighted by Gasteiger charge is 2.18. The maximum absolute atomic E-state index is 11.9. The van der Waals surface area contributed by atoms with Crippen molar-refractivity contribution in [2.24, 2.45) is 0 Å². The number of aryl methyl sites for hydroxylation is 2. The molecule has 2 heterocycles. The summed E-state index contributed by atoms with van der Waals surface area (Å²) in [6.45, 7) is 3.11. The van der Waals surface area contributed by atoms with Crippen LogP contribution in [0.1, 0.15) is 21.7 Å². The van der Waals surface area contributed by atoms with Crippen molar-refractivity contribution in [3.05, 3.63) is 51.7 Å². The van der Waals surface area contributed by atoms with E-state index in [0.717, 1.165) is 0 Å². The van der Waals surface area contributed by atoms with E-state index in [1.807, 2.05) is 0 Å². The zero-order valence-electron chi connectivity index (χ0n) is 10.8. The van der Waals surface area contributed by atoms with Crippen LogP contribution >= 0.6 is 0 Å². The fourth-order valence-electron chi connectivity index (χ4n) is 1.76. The molecule has 2 rings (SSSR count). The van der Waals surface area contributed by atoms with Gasteiger partial charge in [0.15, 0.2) is 0 Å². The summed E-state index contributed by atoms with van der Waals surface area (Å²) in [7, 11) is 0. The number of amides is 1. The molecule has 2 aromatic rings. The van der Waals surface area contributed by atoms with Gasteiger partial charge in [-0.1, -0.05) is 0 Å². The van der Waals surface area contributed by atoms with Crippen molar-refractivity contribution >= 4 is 17.4 Å². The lowest BCUT2D eigenvalue weighted by Crippen LogP contribution is -2.15. The van der Waals surface area contributed by atoms with Gasteiger partial charge in [0, 0.05) is 18.0 Å². The number of hydrogen-bond acceptors (Lipinski definition) is 6. The van der Waals surface area contributed by atoms with Crippen molar-refractivity contribution in [3.8, 4) is 0 Å². The summed E-state index contributed by atoms with van der Waals surface area (Å²) in [5.41, 5.74) is 0.756. The second kappa shape index (κ2) is 5.39. The Labute approximate surface area is 114 Å². The number of nitrogens with one attached hydrogen (secondary N) is 1. The van der Waals surface area contributed by atoms with Crippen LogP contribution in [-0.4, -0.2) is 25.8 Å². The van der Waals surface area contributed by atoms with Gasteiger partial charge in [-0.3, -0.25) is 19.9 Å². The van der Waals surface area contributed by atoms with E-state index in [9.17, 15) is 14.9 Å². The summed E-state index contributed by atoms with van der Waals surface area (Å²) in [6, 6.07) is 1.44. The molecule has 8 heteroatoms. The number of aromatic nitrogens is 3. The Morgan fingerprint density at radius 3 is 2.65 bits per heavy atom. The minimum absolute atomic E-state index is 0.0532. The molecule has 0 aliphatic heterocycles. The minimum atomic E-state index is -0.494. The highest BCUT2D eigenvalue weighted by Crippen LogP contribution is 2.23. The van der Waals surface area contributed by atoms with Crippen LogP contribution in [0.3, 0.4) is 0 Å². The number of anilines is 1. The molecular weight excluding hydrogens is 262 g/mol. The Kier molecular flexibility index (Phi) is 3.65. The van der Waals surface area contributed by atoms with Crippen molar-refractivity contribution in [1.82, 2.24) is 15.0 Å². The van der Waals surface area contributed by atoms with Crippen LogP contribution in [0.15, 0.2) is 24.7 Å². The van der Waals surface area contributed by atoms with Crippen LogP contribution in [0.5, 0.6) is 0 Å². The van der Waals surface area contributed by atoms with Gasteiger partial charge in [0.1, 0.15) is 17.2 Å². The number of nitrogens with zero attached hydrogens (tertiary/aromatic N) is 4. The first-order valence-corrected chi connectivity index (χ1v) is 5.69. The maximum atomic E-state index is 11.9. The number of rotatable bonds is 3. The molecule has 0 spiro atoms. The van der Waals surface area contributed by atoms with Gasteiger partial charge in [-0.05, 0) is 19.9 Å². The number of carbonyl (C=O) groups is 1. The van der Waals surface area contributed by atoms with E-state index in [2.05, 4.69) is 20.3 Å². The number of hydrogen-bond donors (Lipinski definition) is 1. The molecule has 20 heavy (non-hydrogen) atoms. The third-order valence-electron chi connectivity index (χ3n) is 2.58. The van der Waals surface area contributed by atoms with Gasteiger partial charge in [-0.2, -0.15) is 0 Å². The number of nitro groups is 1. The Morgan fingerprint density at radius 2 is 2.10 bits per heavy atom.